The molecule has 0 saturated heterocycles. The highest BCUT2D eigenvalue weighted by Crippen LogP contribution is 2.25. The quantitative estimate of drug-likeness (QED) is 0.529. The highest BCUT2D eigenvalue weighted by molar-refractivity contribution is 8.40. The van der Waals surface area contributed by atoms with Crippen LogP contribution in [0.25, 0.3) is 0 Å². The Morgan fingerprint density at radius 1 is 1.75 bits per heavy atom. The molecule has 0 N–H and O–H groups in total. The number of nitrogens with zero attached hydrogens (tertiary/aromatic N) is 2. The van der Waals surface area contributed by atoms with Crippen LogP contribution in [0.15, 0.2) is 10.2 Å². The zero-order valence-electron chi connectivity index (χ0n) is 7.15. The fourth-order valence-electron chi connectivity index (χ4n) is 0.808. The molecule has 1 rings (SSSR count). The minimum atomic E-state index is -0.414. The summed E-state index contributed by atoms with van der Waals surface area (Å²) in [5.74, 6) is -0.212. The Hall–Kier alpha value is -0.840. The smallest absolute Gasteiger partial charge is 0.312 e. The van der Waals surface area contributed by atoms with Crippen molar-refractivity contribution >= 4 is 27.5 Å². The van der Waals surface area contributed by atoms with Crippen LogP contribution < -0.4 is 0 Å². The van der Waals surface area contributed by atoms with Crippen molar-refractivity contribution in [1.29, 1.82) is 0 Å². The van der Waals surface area contributed by atoms with E-state index in [1.807, 2.05) is 6.26 Å². The molecule has 5 heteroatoms. The van der Waals surface area contributed by atoms with Crippen LogP contribution in [0.3, 0.4) is 0 Å². The van der Waals surface area contributed by atoms with Crippen molar-refractivity contribution in [2.24, 2.45) is 10.2 Å². The second kappa shape index (κ2) is 4.25. The van der Waals surface area contributed by atoms with Crippen molar-refractivity contribution in [1.82, 2.24) is 0 Å². The largest absolute Gasteiger partial charge is 0.466 e. The molecule has 12 heavy (non-hydrogen) atoms. The van der Waals surface area contributed by atoms with Gasteiger partial charge in [-0.2, -0.15) is 16.0 Å². The van der Waals surface area contributed by atoms with Crippen molar-refractivity contribution in [3.63, 3.8) is 0 Å². The molecule has 68 valence electrons. The molecule has 1 unspecified atom stereocenters. The summed E-state index contributed by atoms with van der Waals surface area (Å²) < 4.78 is 4.79. The van der Waals surface area contributed by atoms with Crippen LogP contribution in [0, 0.1) is 0 Å². The molecule has 1 atom stereocenters. The van der Waals surface area contributed by atoms with E-state index in [1.165, 1.54) is 0 Å². The molecule has 0 aromatic rings. The van der Waals surface area contributed by atoms with Gasteiger partial charge in [0.2, 0.25) is 0 Å². The molecule has 0 radical (unpaired) electrons. The van der Waals surface area contributed by atoms with Crippen molar-refractivity contribution in [2.45, 2.75) is 13.3 Å². The maximum atomic E-state index is 11.0. The van der Waals surface area contributed by atoms with Crippen LogP contribution >= 0.6 is 10.9 Å². The molecule has 0 fully saturated rings. The Bertz CT molecular complexity index is 238. The third-order valence-electron chi connectivity index (χ3n) is 1.41. The number of rotatable bonds is 3. The van der Waals surface area contributed by atoms with Gasteiger partial charge < -0.3 is 4.74 Å². The molecule has 0 amide bonds. The molecule has 1 aliphatic heterocycles. The van der Waals surface area contributed by atoms with Gasteiger partial charge in [-0.15, -0.1) is 5.10 Å². The summed E-state index contributed by atoms with van der Waals surface area (Å²) in [5.41, 5.74) is 1.78. The Morgan fingerprint density at radius 2 is 2.50 bits per heavy atom. The fourth-order valence-corrected chi connectivity index (χ4v) is 1.72. The average Bonchev–Trinajstić information content (AvgIpc) is 2.37. The maximum Gasteiger partial charge on any atom is 0.312 e. The van der Waals surface area contributed by atoms with E-state index in [9.17, 15) is 4.79 Å². The lowest BCUT2D eigenvalue weighted by atomic mass is 10.5. The minimum Gasteiger partial charge on any atom is -0.466 e. The van der Waals surface area contributed by atoms with Crippen molar-refractivity contribution in [3.8, 4) is 0 Å². The average molecular weight is 188 g/mol. The zero-order valence-corrected chi connectivity index (χ0v) is 8.04. The lowest BCUT2D eigenvalue weighted by Crippen LogP contribution is -2.09. The summed E-state index contributed by atoms with van der Waals surface area (Å²) in [6, 6.07) is 0. The number of carbonyl (C=O) groups is 1. The first-order valence-electron chi connectivity index (χ1n) is 3.72. The molecule has 0 aliphatic carbocycles. The molecule has 1 aliphatic rings. The number of hydrogen-bond donors (Lipinski definition) is 1. The van der Waals surface area contributed by atoms with E-state index in [1.54, 1.807) is 12.5 Å². The van der Waals surface area contributed by atoms with Gasteiger partial charge in [0.25, 0.3) is 0 Å². The molecule has 0 aromatic heterocycles. The Kier molecular flexibility index (Phi) is 3.28. The summed E-state index contributed by atoms with van der Waals surface area (Å²) in [4.78, 5) is 11.0. The monoisotopic (exact) mass is 188 g/mol. The van der Waals surface area contributed by atoms with E-state index >= 15 is 0 Å². The summed E-state index contributed by atoms with van der Waals surface area (Å²) in [6.45, 7) is 2.22. The van der Waals surface area contributed by atoms with Crippen molar-refractivity contribution < 1.29 is 9.53 Å². The van der Waals surface area contributed by atoms with Gasteiger partial charge in [0.1, 0.15) is 0 Å². The predicted octanol–water partition coefficient (Wildman–Crippen LogP) is 0.926. The number of thiol groups is 1. The summed E-state index contributed by atoms with van der Waals surface area (Å²) >= 11 is 0. The highest BCUT2D eigenvalue weighted by Gasteiger charge is 2.14. The lowest BCUT2D eigenvalue weighted by Gasteiger charge is -2.06. The summed E-state index contributed by atoms with van der Waals surface area (Å²) in [5, 5.41) is 8.45. The van der Waals surface area contributed by atoms with Crippen LogP contribution in [-0.4, -0.2) is 29.4 Å². The number of ether oxygens (including phenoxy) is 1. The first-order chi connectivity index (χ1) is 5.74. The van der Waals surface area contributed by atoms with Crippen LogP contribution in [0.1, 0.15) is 13.3 Å². The predicted molar refractivity (Wildman–Crippen MR) is 52.1 cm³/mol. The topological polar surface area (TPSA) is 51.0 Å². The molecule has 0 aromatic carbocycles. The van der Waals surface area contributed by atoms with E-state index < -0.39 is 10.9 Å². The third-order valence-corrected chi connectivity index (χ3v) is 2.92. The lowest BCUT2D eigenvalue weighted by molar-refractivity contribution is -0.141. The molecular weight excluding hydrogens is 176 g/mol. The molecule has 0 saturated carbocycles. The van der Waals surface area contributed by atoms with Gasteiger partial charge in [-0.05, 0) is 13.2 Å². The van der Waals surface area contributed by atoms with E-state index in [2.05, 4.69) is 10.2 Å². The van der Waals surface area contributed by atoms with Crippen LogP contribution in [0.5, 0.6) is 0 Å². The molecule has 1 heterocycles. The SMILES string of the molecule is CCOC(=O)CC1=NN=C[SH]1C. The van der Waals surface area contributed by atoms with Gasteiger partial charge in [0.05, 0.1) is 23.6 Å². The van der Waals surface area contributed by atoms with Crippen molar-refractivity contribution in [3.05, 3.63) is 0 Å². The Balaban J connectivity index is 2.37. The van der Waals surface area contributed by atoms with Gasteiger partial charge in [0.15, 0.2) is 0 Å². The molecule has 4 nitrogen and oxygen atoms in total. The first kappa shape index (κ1) is 9.25. The standard InChI is InChI=1S/C7H12N2O2S/c1-3-11-7(10)4-6-9-8-5-12(6)2/h5,12H,3-4H2,1-2H3. The van der Waals surface area contributed by atoms with Crippen LogP contribution in [0.4, 0.5) is 0 Å². The van der Waals surface area contributed by atoms with Gasteiger partial charge in [-0.1, -0.05) is 0 Å². The van der Waals surface area contributed by atoms with Crippen LogP contribution in [-0.2, 0) is 9.53 Å². The van der Waals surface area contributed by atoms with E-state index in [0.717, 1.165) is 5.04 Å². The number of carbonyl (C=O) groups excluding carboxylic acids is 1. The Morgan fingerprint density at radius 3 is 3.00 bits per heavy atom. The Labute approximate surface area is 74.1 Å². The highest BCUT2D eigenvalue weighted by atomic mass is 32.2. The maximum absolute atomic E-state index is 11.0. The second-order valence-electron chi connectivity index (χ2n) is 2.34. The van der Waals surface area contributed by atoms with Crippen LogP contribution in [0.2, 0.25) is 0 Å². The summed E-state index contributed by atoms with van der Waals surface area (Å²) in [6.07, 6.45) is 2.31. The van der Waals surface area contributed by atoms with Gasteiger partial charge >= 0.3 is 5.97 Å². The molecule has 0 bridgehead atoms. The third kappa shape index (κ3) is 2.34. The van der Waals surface area contributed by atoms with E-state index in [0.29, 0.717) is 6.61 Å². The van der Waals surface area contributed by atoms with Gasteiger partial charge in [0, 0.05) is 0 Å². The number of esters is 1. The van der Waals surface area contributed by atoms with Crippen molar-refractivity contribution in [2.75, 3.05) is 12.9 Å². The normalized spacial score (nSPS) is 23.8. The molecular formula is C7H12N2O2S. The van der Waals surface area contributed by atoms with Gasteiger partial charge in [-0.3, -0.25) is 4.79 Å². The minimum absolute atomic E-state index is 0.212. The number of hydrogen-bond acceptors (Lipinski definition) is 4. The fraction of sp³-hybridized carbons (Fsp3) is 0.571. The van der Waals surface area contributed by atoms with E-state index in [-0.39, 0.29) is 12.4 Å². The first-order valence-corrected chi connectivity index (χ1v) is 5.58. The zero-order chi connectivity index (χ0) is 8.97. The van der Waals surface area contributed by atoms with Gasteiger partial charge in [-0.25, -0.2) is 0 Å². The second-order valence-corrected chi connectivity index (χ2v) is 4.31. The summed E-state index contributed by atoms with van der Waals surface area (Å²) in [7, 11) is -0.414. The van der Waals surface area contributed by atoms with E-state index in [4.69, 9.17) is 4.74 Å². The molecule has 0 spiro atoms.